The zero-order valence-electron chi connectivity index (χ0n) is 8.22. The fourth-order valence-corrected chi connectivity index (χ4v) is 1.31. The van der Waals surface area contributed by atoms with Gasteiger partial charge in [-0.25, -0.2) is 0 Å². The maximum Gasteiger partial charge on any atom is 0.242 e. The van der Waals surface area contributed by atoms with Crippen LogP contribution in [-0.2, 0) is 9.59 Å². The number of hydrogen-bond donors (Lipinski definition) is 2. The van der Waals surface area contributed by atoms with E-state index in [-0.39, 0.29) is 17.9 Å². The highest BCUT2D eigenvalue weighted by molar-refractivity contribution is 5.90. The summed E-state index contributed by atoms with van der Waals surface area (Å²) in [6.45, 7) is 2.31. The molecule has 76 valence electrons. The van der Waals surface area contributed by atoms with Crippen molar-refractivity contribution in [3.8, 4) is 11.8 Å². The van der Waals surface area contributed by atoms with Crippen LogP contribution >= 0.6 is 0 Å². The molecule has 1 saturated heterocycles. The van der Waals surface area contributed by atoms with Gasteiger partial charge in [0.2, 0.25) is 11.8 Å². The number of nitrogens with one attached hydrogen (secondary N) is 2. The van der Waals surface area contributed by atoms with Crippen LogP contribution in [0, 0.1) is 11.8 Å². The van der Waals surface area contributed by atoms with Gasteiger partial charge in [0.15, 0.2) is 0 Å². The molecule has 0 spiro atoms. The maximum absolute atomic E-state index is 11.4. The highest BCUT2D eigenvalue weighted by Crippen LogP contribution is 2.05. The molecule has 4 nitrogen and oxygen atoms in total. The molecule has 0 aromatic carbocycles. The van der Waals surface area contributed by atoms with E-state index in [0.717, 1.165) is 0 Å². The molecule has 1 fully saturated rings. The second-order valence-corrected chi connectivity index (χ2v) is 3.13. The predicted molar refractivity (Wildman–Crippen MR) is 52.2 cm³/mol. The first-order chi connectivity index (χ1) is 6.74. The lowest BCUT2D eigenvalue weighted by molar-refractivity contribution is -0.125. The minimum absolute atomic E-state index is 0.0431. The van der Waals surface area contributed by atoms with Crippen molar-refractivity contribution in [3.05, 3.63) is 0 Å². The van der Waals surface area contributed by atoms with E-state index in [0.29, 0.717) is 25.8 Å². The van der Waals surface area contributed by atoms with E-state index in [1.807, 2.05) is 0 Å². The summed E-state index contributed by atoms with van der Waals surface area (Å²) < 4.78 is 0. The molecule has 1 aliphatic rings. The first-order valence-electron chi connectivity index (χ1n) is 4.70. The van der Waals surface area contributed by atoms with Crippen LogP contribution in [-0.4, -0.2) is 24.4 Å². The molecule has 2 N–H and O–H groups in total. The molecule has 1 atom stereocenters. The Morgan fingerprint density at radius 1 is 1.71 bits per heavy atom. The molecule has 0 radical (unpaired) electrons. The van der Waals surface area contributed by atoms with Gasteiger partial charge in [0.05, 0.1) is 0 Å². The lowest BCUT2D eigenvalue weighted by Gasteiger charge is -2.09. The molecule has 2 amide bonds. The topological polar surface area (TPSA) is 58.2 Å². The van der Waals surface area contributed by atoms with E-state index in [4.69, 9.17) is 0 Å². The maximum atomic E-state index is 11.4. The fourth-order valence-electron chi connectivity index (χ4n) is 1.31. The molecule has 0 bridgehead atoms. The highest BCUT2D eigenvalue weighted by atomic mass is 16.2. The number of carbonyl (C=O) groups is 2. The van der Waals surface area contributed by atoms with Crippen molar-refractivity contribution < 1.29 is 9.59 Å². The normalized spacial score (nSPS) is 19.5. The molecule has 1 aliphatic heterocycles. The van der Waals surface area contributed by atoms with Gasteiger partial charge in [0.1, 0.15) is 6.04 Å². The Morgan fingerprint density at radius 2 is 2.50 bits per heavy atom. The first kappa shape index (κ1) is 10.6. The lowest BCUT2D eigenvalue weighted by atomic mass is 10.2. The van der Waals surface area contributed by atoms with E-state index in [2.05, 4.69) is 22.5 Å². The van der Waals surface area contributed by atoms with Gasteiger partial charge < -0.3 is 10.6 Å². The van der Waals surface area contributed by atoms with Crippen LogP contribution in [0.2, 0.25) is 0 Å². The van der Waals surface area contributed by atoms with E-state index in [1.165, 1.54) is 0 Å². The van der Waals surface area contributed by atoms with Crippen molar-refractivity contribution in [1.29, 1.82) is 0 Å². The Hall–Kier alpha value is -1.50. The van der Waals surface area contributed by atoms with Gasteiger partial charge in [0, 0.05) is 19.4 Å². The van der Waals surface area contributed by atoms with Crippen LogP contribution in [0.1, 0.15) is 26.2 Å². The van der Waals surface area contributed by atoms with Crippen LogP contribution in [0.4, 0.5) is 0 Å². The third-order valence-corrected chi connectivity index (χ3v) is 2.04. The summed E-state index contributed by atoms with van der Waals surface area (Å²) in [4.78, 5) is 22.2. The van der Waals surface area contributed by atoms with Gasteiger partial charge >= 0.3 is 0 Å². The Labute approximate surface area is 83.4 Å². The monoisotopic (exact) mass is 194 g/mol. The van der Waals surface area contributed by atoms with Gasteiger partial charge in [-0.2, -0.15) is 0 Å². The van der Waals surface area contributed by atoms with Crippen molar-refractivity contribution in [3.63, 3.8) is 0 Å². The summed E-state index contributed by atoms with van der Waals surface area (Å²) in [5.74, 6) is 5.45. The summed E-state index contributed by atoms with van der Waals surface area (Å²) >= 11 is 0. The van der Waals surface area contributed by atoms with Crippen molar-refractivity contribution >= 4 is 11.8 Å². The Balaban J connectivity index is 2.20. The van der Waals surface area contributed by atoms with Gasteiger partial charge in [0.25, 0.3) is 0 Å². The van der Waals surface area contributed by atoms with Gasteiger partial charge in [-0.15, -0.1) is 11.8 Å². The fraction of sp³-hybridized carbons (Fsp3) is 0.600. The second-order valence-electron chi connectivity index (χ2n) is 3.13. The van der Waals surface area contributed by atoms with Crippen molar-refractivity contribution in [2.45, 2.75) is 32.2 Å². The number of hydrogen-bond acceptors (Lipinski definition) is 2. The van der Waals surface area contributed by atoms with Gasteiger partial charge in [-0.05, 0) is 13.3 Å². The van der Waals surface area contributed by atoms with Crippen LogP contribution in [0.15, 0.2) is 0 Å². The summed E-state index contributed by atoms with van der Waals surface area (Å²) in [6, 6.07) is -0.336. The van der Waals surface area contributed by atoms with E-state index in [1.54, 1.807) is 6.92 Å². The molecule has 0 aliphatic carbocycles. The molecule has 0 saturated carbocycles. The Kier molecular flexibility index (Phi) is 3.99. The van der Waals surface area contributed by atoms with Gasteiger partial charge in [-0.3, -0.25) is 9.59 Å². The zero-order valence-corrected chi connectivity index (χ0v) is 8.22. The molecule has 1 rings (SSSR count). The van der Waals surface area contributed by atoms with E-state index < -0.39 is 0 Å². The third kappa shape index (κ3) is 3.09. The average Bonchev–Trinajstić information content (AvgIpc) is 2.59. The Bertz CT molecular complexity index is 288. The van der Waals surface area contributed by atoms with Crippen molar-refractivity contribution in [1.82, 2.24) is 10.6 Å². The molecular formula is C10H14N2O2. The molecule has 1 unspecified atom stereocenters. The third-order valence-electron chi connectivity index (χ3n) is 2.04. The van der Waals surface area contributed by atoms with Crippen molar-refractivity contribution in [2.75, 3.05) is 6.54 Å². The minimum atomic E-state index is -0.336. The first-order valence-corrected chi connectivity index (χ1v) is 4.70. The predicted octanol–water partition coefficient (Wildman–Crippen LogP) is -0.205. The molecular weight excluding hydrogens is 180 g/mol. The zero-order chi connectivity index (χ0) is 10.4. The second kappa shape index (κ2) is 5.28. The van der Waals surface area contributed by atoms with Crippen molar-refractivity contribution in [2.24, 2.45) is 0 Å². The summed E-state index contributed by atoms with van der Waals surface area (Å²) in [5.41, 5.74) is 0. The SMILES string of the molecule is CC#CCCNC(=O)C1CCC(=O)N1. The molecule has 14 heavy (non-hydrogen) atoms. The van der Waals surface area contributed by atoms with E-state index >= 15 is 0 Å². The standard InChI is InChI=1S/C10H14N2O2/c1-2-3-4-7-11-10(14)8-5-6-9(13)12-8/h8H,4-7H2,1H3,(H,11,14)(H,12,13). The summed E-state index contributed by atoms with van der Waals surface area (Å²) in [6.07, 6.45) is 1.71. The minimum Gasteiger partial charge on any atom is -0.353 e. The molecule has 1 heterocycles. The lowest BCUT2D eigenvalue weighted by Crippen LogP contribution is -2.41. The Morgan fingerprint density at radius 3 is 3.07 bits per heavy atom. The molecule has 4 heteroatoms. The van der Waals surface area contributed by atoms with E-state index in [9.17, 15) is 9.59 Å². The highest BCUT2D eigenvalue weighted by Gasteiger charge is 2.26. The molecule has 0 aromatic heterocycles. The number of carbonyl (C=O) groups excluding carboxylic acids is 2. The summed E-state index contributed by atoms with van der Waals surface area (Å²) in [7, 11) is 0. The number of amides is 2. The van der Waals surface area contributed by atoms with Crippen LogP contribution in [0.5, 0.6) is 0 Å². The molecule has 0 aromatic rings. The van der Waals surface area contributed by atoms with Crippen LogP contribution in [0.3, 0.4) is 0 Å². The van der Waals surface area contributed by atoms with Crippen LogP contribution < -0.4 is 10.6 Å². The smallest absolute Gasteiger partial charge is 0.242 e. The van der Waals surface area contributed by atoms with Crippen LogP contribution in [0.25, 0.3) is 0 Å². The average molecular weight is 194 g/mol. The quantitative estimate of drug-likeness (QED) is 0.482. The number of rotatable bonds is 3. The summed E-state index contributed by atoms with van der Waals surface area (Å²) in [5, 5.41) is 5.33. The van der Waals surface area contributed by atoms with Gasteiger partial charge in [-0.1, -0.05) is 0 Å². The largest absolute Gasteiger partial charge is 0.353 e.